The van der Waals surface area contributed by atoms with Crippen molar-refractivity contribution in [2.24, 2.45) is 0 Å². The van der Waals surface area contributed by atoms with Crippen LogP contribution in [0.3, 0.4) is 0 Å². The fourth-order valence-electron chi connectivity index (χ4n) is 0.913. The van der Waals surface area contributed by atoms with Gasteiger partial charge in [0.25, 0.3) is 0 Å². The van der Waals surface area contributed by atoms with Gasteiger partial charge in [-0.05, 0) is 6.08 Å². The Morgan fingerprint density at radius 1 is 1.73 bits per heavy atom. The summed E-state index contributed by atoms with van der Waals surface area (Å²) in [5.74, 6) is -0.623. The molecule has 1 aromatic heterocycles. The maximum Gasteiger partial charge on any atom is 0.360 e. The van der Waals surface area contributed by atoms with Crippen molar-refractivity contribution in [3.05, 3.63) is 23.7 Å². The molecule has 0 aromatic carbocycles. The lowest BCUT2D eigenvalue weighted by atomic mass is 10.3. The Morgan fingerprint density at radius 3 is 3.07 bits per heavy atom. The molecular formula is C9H11N3O3. The molecule has 0 saturated carbocycles. The van der Waals surface area contributed by atoms with E-state index in [-0.39, 0.29) is 18.1 Å². The zero-order chi connectivity index (χ0) is 11.3. The lowest BCUT2D eigenvalue weighted by molar-refractivity contribution is 0.0595. The van der Waals surface area contributed by atoms with E-state index in [2.05, 4.69) is 14.7 Å². The standard InChI is InChI=1S/C9H11N3O3/c1-15-9(14)7-8(10)11-5-6(12-7)3-2-4-13/h2-3,5,13H,4H2,1H3,(H2,10,11). The molecule has 0 unspecified atom stereocenters. The molecule has 80 valence electrons. The molecule has 0 aliphatic rings. The average molecular weight is 209 g/mol. The molecule has 0 fully saturated rings. The quantitative estimate of drug-likeness (QED) is 0.672. The second-order valence-corrected chi connectivity index (χ2v) is 2.61. The number of ether oxygens (including phenoxy) is 1. The summed E-state index contributed by atoms with van der Waals surface area (Å²) < 4.78 is 4.48. The Hall–Kier alpha value is -1.95. The number of nitrogens with two attached hydrogens (primary N) is 1. The Bertz CT molecular complexity index is 390. The van der Waals surface area contributed by atoms with Gasteiger partial charge in [-0.2, -0.15) is 0 Å². The molecule has 1 rings (SSSR count). The van der Waals surface area contributed by atoms with Crippen molar-refractivity contribution in [2.45, 2.75) is 0 Å². The van der Waals surface area contributed by atoms with E-state index in [4.69, 9.17) is 10.8 Å². The van der Waals surface area contributed by atoms with Crippen LogP contribution in [0.25, 0.3) is 6.08 Å². The van der Waals surface area contributed by atoms with Gasteiger partial charge in [-0.1, -0.05) is 6.08 Å². The fourth-order valence-corrected chi connectivity index (χ4v) is 0.913. The first-order valence-corrected chi connectivity index (χ1v) is 4.17. The van der Waals surface area contributed by atoms with Gasteiger partial charge in [-0.25, -0.2) is 14.8 Å². The van der Waals surface area contributed by atoms with Gasteiger partial charge in [0, 0.05) is 0 Å². The van der Waals surface area contributed by atoms with Crippen LogP contribution < -0.4 is 5.73 Å². The topological polar surface area (TPSA) is 98.3 Å². The van der Waals surface area contributed by atoms with Crippen LogP contribution in [0.15, 0.2) is 12.3 Å². The van der Waals surface area contributed by atoms with Gasteiger partial charge in [0.05, 0.1) is 25.6 Å². The van der Waals surface area contributed by atoms with E-state index in [9.17, 15) is 4.79 Å². The average Bonchev–Trinajstić information content (AvgIpc) is 2.27. The second kappa shape index (κ2) is 5.06. The Labute approximate surface area is 86.4 Å². The monoisotopic (exact) mass is 209 g/mol. The van der Waals surface area contributed by atoms with E-state index >= 15 is 0 Å². The zero-order valence-electron chi connectivity index (χ0n) is 8.17. The Kier molecular flexibility index (Phi) is 3.75. The molecule has 0 atom stereocenters. The molecule has 0 saturated heterocycles. The molecule has 0 radical (unpaired) electrons. The van der Waals surface area contributed by atoms with E-state index in [1.165, 1.54) is 25.5 Å². The second-order valence-electron chi connectivity index (χ2n) is 2.61. The smallest absolute Gasteiger partial charge is 0.360 e. The number of rotatable bonds is 3. The van der Waals surface area contributed by atoms with Gasteiger partial charge in [0.1, 0.15) is 0 Å². The number of carbonyl (C=O) groups excluding carboxylic acids is 1. The number of carbonyl (C=O) groups is 1. The number of esters is 1. The Balaban J connectivity index is 3.05. The highest BCUT2D eigenvalue weighted by atomic mass is 16.5. The fraction of sp³-hybridized carbons (Fsp3) is 0.222. The SMILES string of the molecule is COC(=O)c1nc(C=CCO)cnc1N. The highest BCUT2D eigenvalue weighted by Crippen LogP contribution is 2.08. The number of anilines is 1. The van der Waals surface area contributed by atoms with Crippen LogP contribution >= 0.6 is 0 Å². The first-order valence-electron chi connectivity index (χ1n) is 4.17. The largest absolute Gasteiger partial charge is 0.464 e. The number of nitrogens with zero attached hydrogens (tertiary/aromatic N) is 2. The minimum atomic E-state index is -0.640. The van der Waals surface area contributed by atoms with Crippen LogP contribution in [0, 0.1) is 0 Å². The van der Waals surface area contributed by atoms with E-state index in [0.717, 1.165) is 0 Å². The summed E-state index contributed by atoms with van der Waals surface area (Å²) in [6.45, 7) is -0.111. The van der Waals surface area contributed by atoms with Crippen molar-refractivity contribution in [1.29, 1.82) is 0 Å². The number of aliphatic hydroxyl groups is 1. The van der Waals surface area contributed by atoms with Crippen LogP contribution in [-0.2, 0) is 4.74 Å². The molecule has 15 heavy (non-hydrogen) atoms. The lowest BCUT2D eigenvalue weighted by Gasteiger charge is -2.02. The van der Waals surface area contributed by atoms with Crippen LogP contribution in [-0.4, -0.2) is 34.8 Å². The summed E-state index contributed by atoms with van der Waals surface area (Å²) in [4.78, 5) is 18.9. The molecule has 6 heteroatoms. The van der Waals surface area contributed by atoms with Gasteiger partial charge in [-0.3, -0.25) is 0 Å². The maximum absolute atomic E-state index is 11.2. The molecule has 0 aliphatic carbocycles. The highest BCUT2D eigenvalue weighted by Gasteiger charge is 2.12. The molecule has 0 amide bonds. The number of aliphatic hydroxyl groups excluding tert-OH is 1. The van der Waals surface area contributed by atoms with Gasteiger partial charge in [-0.15, -0.1) is 0 Å². The molecule has 6 nitrogen and oxygen atoms in total. The zero-order valence-corrected chi connectivity index (χ0v) is 8.17. The van der Waals surface area contributed by atoms with Gasteiger partial charge < -0.3 is 15.6 Å². The molecule has 0 aliphatic heterocycles. The van der Waals surface area contributed by atoms with Gasteiger partial charge in [0.15, 0.2) is 11.5 Å². The number of hydrogen-bond donors (Lipinski definition) is 2. The summed E-state index contributed by atoms with van der Waals surface area (Å²) >= 11 is 0. The first kappa shape index (κ1) is 11.1. The highest BCUT2D eigenvalue weighted by molar-refractivity contribution is 5.91. The van der Waals surface area contributed by atoms with E-state index in [1.807, 2.05) is 0 Å². The van der Waals surface area contributed by atoms with E-state index in [0.29, 0.717) is 5.69 Å². The third kappa shape index (κ3) is 2.75. The van der Waals surface area contributed by atoms with Gasteiger partial charge >= 0.3 is 5.97 Å². The van der Waals surface area contributed by atoms with E-state index in [1.54, 1.807) is 0 Å². The predicted molar refractivity (Wildman–Crippen MR) is 53.9 cm³/mol. The van der Waals surface area contributed by atoms with Crippen molar-refractivity contribution in [3.63, 3.8) is 0 Å². The summed E-state index contributed by atoms with van der Waals surface area (Å²) in [6, 6.07) is 0. The molecule has 0 spiro atoms. The molecular weight excluding hydrogens is 198 g/mol. The summed E-state index contributed by atoms with van der Waals surface area (Å²) in [7, 11) is 1.24. The van der Waals surface area contributed by atoms with Crippen LogP contribution in [0.4, 0.5) is 5.82 Å². The van der Waals surface area contributed by atoms with Crippen molar-refractivity contribution in [2.75, 3.05) is 19.5 Å². The lowest BCUT2D eigenvalue weighted by Crippen LogP contribution is -2.10. The van der Waals surface area contributed by atoms with E-state index < -0.39 is 5.97 Å². The van der Waals surface area contributed by atoms with Crippen molar-refractivity contribution < 1.29 is 14.6 Å². The van der Waals surface area contributed by atoms with Crippen molar-refractivity contribution >= 4 is 17.9 Å². The van der Waals surface area contributed by atoms with Crippen LogP contribution in [0.5, 0.6) is 0 Å². The number of methoxy groups -OCH3 is 1. The number of aromatic nitrogens is 2. The van der Waals surface area contributed by atoms with Crippen molar-refractivity contribution in [1.82, 2.24) is 9.97 Å². The third-order valence-corrected chi connectivity index (χ3v) is 1.59. The maximum atomic E-state index is 11.2. The third-order valence-electron chi connectivity index (χ3n) is 1.59. The Morgan fingerprint density at radius 2 is 2.47 bits per heavy atom. The summed E-state index contributed by atoms with van der Waals surface area (Å²) in [6.07, 6.45) is 4.40. The van der Waals surface area contributed by atoms with Crippen molar-refractivity contribution in [3.8, 4) is 0 Å². The molecule has 1 aromatic rings. The first-order chi connectivity index (χ1) is 7.19. The molecule has 3 N–H and O–H groups in total. The normalized spacial score (nSPS) is 10.5. The summed E-state index contributed by atoms with van der Waals surface area (Å²) in [5.41, 5.74) is 5.85. The molecule has 1 heterocycles. The number of hydrogen-bond acceptors (Lipinski definition) is 6. The summed E-state index contributed by atoms with van der Waals surface area (Å²) in [5, 5.41) is 8.56. The minimum absolute atomic E-state index is 0.0167. The predicted octanol–water partition coefficient (Wildman–Crippen LogP) is -0.149. The number of nitrogen functional groups attached to an aromatic ring is 1. The minimum Gasteiger partial charge on any atom is -0.464 e. The van der Waals surface area contributed by atoms with Gasteiger partial charge in [0.2, 0.25) is 0 Å². The van der Waals surface area contributed by atoms with Crippen LogP contribution in [0.2, 0.25) is 0 Å². The van der Waals surface area contributed by atoms with Crippen LogP contribution in [0.1, 0.15) is 16.2 Å². The molecule has 0 bridgehead atoms.